The molecular formula is C21H18N2O3. The first-order valence-corrected chi connectivity index (χ1v) is 8.21. The third-order valence-electron chi connectivity index (χ3n) is 4.16. The van der Waals surface area contributed by atoms with E-state index in [-0.39, 0.29) is 17.6 Å². The summed E-state index contributed by atoms with van der Waals surface area (Å²) in [7, 11) is 0. The summed E-state index contributed by atoms with van der Waals surface area (Å²) in [6, 6.07) is 23.0. The fraction of sp³-hybridized carbons (Fsp3) is 0.0952. The zero-order valence-corrected chi connectivity index (χ0v) is 14.3. The Kier molecular flexibility index (Phi) is 5.08. The van der Waals surface area contributed by atoms with Crippen LogP contribution in [0.4, 0.5) is 5.69 Å². The Balaban J connectivity index is 1.89. The molecular weight excluding hydrogens is 328 g/mol. The molecule has 0 aliphatic heterocycles. The number of aryl methyl sites for hydroxylation is 1. The molecule has 1 amide bonds. The van der Waals surface area contributed by atoms with E-state index in [2.05, 4.69) is 5.32 Å². The second-order valence-corrected chi connectivity index (χ2v) is 6.03. The minimum atomic E-state index is -0.485. The topological polar surface area (TPSA) is 72.2 Å². The number of hydrogen-bond acceptors (Lipinski definition) is 3. The van der Waals surface area contributed by atoms with E-state index in [4.69, 9.17) is 0 Å². The summed E-state index contributed by atoms with van der Waals surface area (Å²) in [4.78, 5) is 22.9. The number of nitrogens with zero attached hydrogens (tertiary/aromatic N) is 1. The molecule has 26 heavy (non-hydrogen) atoms. The molecule has 0 aliphatic rings. The molecule has 1 atom stereocenters. The Hall–Kier alpha value is -3.47. The molecule has 5 nitrogen and oxygen atoms in total. The molecule has 1 N–H and O–H groups in total. The van der Waals surface area contributed by atoms with Crippen molar-refractivity contribution in [3.8, 4) is 0 Å². The van der Waals surface area contributed by atoms with Crippen LogP contribution in [0.2, 0.25) is 0 Å². The average molecular weight is 346 g/mol. The van der Waals surface area contributed by atoms with Crippen molar-refractivity contribution in [2.75, 3.05) is 0 Å². The molecule has 3 aromatic rings. The predicted molar refractivity (Wildman–Crippen MR) is 100 cm³/mol. The minimum Gasteiger partial charge on any atom is -0.341 e. The number of amides is 1. The number of carbonyl (C=O) groups excluding carboxylic acids is 1. The lowest BCUT2D eigenvalue weighted by Crippen LogP contribution is -2.29. The molecule has 0 heterocycles. The molecule has 0 aliphatic carbocycles. The number of hydrogen-bond donors (Lipinski definition) is 1. The van der Waals surface area contributed by atoms with Crippen molar-refractivity contribution in [2.24, 2.45) is 0 Å². The lowest BCUT2D eigenvalue weighted by atomic mass is 9.97. The van der Waals surface area contributed by atoms with Crippen LogP contribution in [-0.4, -0.2) is 10.8 Å². The Bertz CT molecular complexity index is 904. The number of non-ortho nitro benzene ring substituents is 1. The van der Waals surface area contributed by atoms with E-state index in [9.17, 15) is 14.9 Å². The van der Waals surface area contributed by atoms with Gasteiger partial charge in [-0.1, -0.05) is 60.2 Å². The van der Waals surface area contributed by atoms with E-state index >= 15 is 0 Å². The summed E-state index contributed by atoms with van der Waals surface area (Å²) in [6.07, 6.45) is 0. The Morgan fingerprint density at radius 3 is 2.04 bits per heavy atom. The quantitative estimate of drug-likeness (QED) is 0.549. The van der Waals surface area contributed by atoms with Crippen LogP contribution in [0.3, 0.4) is 0 Å². The van der Waals surface area contributed by atoms with Crippen molar-refractivity contribution in [1.29, 1.82) is 0 Å². The fourth-order valence-electron chi connectivity index (χ4n) is 2.71. The lowest BCUT2D eigenvalue weighted by molar-refractivity contribution is -0.384. The van der Waals surface area contributed by atoms with Gasteiger partial charge in [-0.15, -0.1) is 0 Å². The summed E-state index contributed by atoms with van der Waals surface area (Å²) < 4.78 is 0. The standard InChI is InChI=1S/C21H18N2O3/c1-15-7-9-17(10-8-15)20(16-5-3-2-4-6-16)22-21(24)18-11-13-19(14-12-18)23(25)26/h2-14,20H,1H3,(H,22,24). The van der Waals surface area contributed by atoms with Gasteiger partial charge in [0, 0.05) is 17.7 Å². The summed E-state index contributed by atoms with van der Waals surface area (Å²) >= 11 is 0. The summed E-state index contributed by atoms with van der Waals surface area (Å²) in [5.74, 6) is -0.283. The molecule has 5 heteroatoms. The van der Waals surface area contributed by atoms with Gasteiger partial charge in [0.1, 0.15) is 0 Å². The maximum Gasteiger partial charge on any atom is 0.269 e. The number of nitro benzene ring substituents is 1. The summed E-state index contributed by atoms with van der Waals surface area (Å²) in [5, 5.41) is 13.8. The molecule has 0 bridgehead atoms. The smallest absolute Gasteiger partial charge is 0.269 e. The Morgan fingerprint density at radius 1 is 0.885 bits per heavy atom. The molecule has 1 unspecified atom stereocenters. The highest BCUT2D eigenvalue weighted by Gasteiger charge is 2.18. The highest BCUT2D eigenvalue weighted by atomic mass is 16.6. The van der Waals surface area contributed by atoms with E-state index in [1.807, 2.05) is 61.5 Å². The average Bonchev–Trinajstić information content (AvgIpc) is 2.67. The molecule has 130 valence electrons. The maximum absolute atomic E-state index is 12.7. The third-order valence-corrected chi connectivity index (χ3v) is 4.16. The summed E-state index contributed by atoms with van der Waals surface area (Å²) in [5.41, 5.74) is 3.41. The first-order chi connectivity index (χ1) is 12.5. The van der Waals surface area contributed by atoms with Crippen LogP contribution < -0.4 is 5.32 Å². The van der Waals surface area contributed by atoms with Gasteiger partial charge in [-0.3, -0.25) is 14.9 Å². The van der Waals surface area contributed by atoms with Crippen LogP contribution in [0.1, 0.15) is 33.1 Å². The normalized spacial score (nSPS) is 11.6. The highest BCUT2D eigenvalue weighted by molar-refractivity contribution is 5.94. The monoisotopic (exact) mass is 346 g/mol. The lowest BCUT2D eigenvalue weighted by Gasteiger charge is -2.20. The highest BCUT2D eigenvalue weighted by Crippen LogP contribution is 2.23. The Labute approximate surface area is 151 Å². The molecule has 0 radical (unpaired) electrons. The van der Waals surface area contributed by atoms with Crippen LogP contribution in [0.15, 0.2) is 78.9 Å². The number of carbonyl (C=O) groups is 1. The van der Waals surface area contributed by atoms with Crippen LogP contribution in [0, 0.1) is 17.0 Å². The van der Waals surface area contributed by atoms with E-state index < -0.39 is 4.92 Å². The molecule has 0 spiro atoms. The molecule has 0 saturated carbocycles. The van der Waals surface area contributed by atoms with E-state index in [0.29, 0.717) is 5.56 Å². The molecule has 3 rings (SSSR count). The number of nitro groups is 1. The van der Waals surface area contributed by atoms with Gasteiger partial charge in [-0.25, -0.2) is 0 Å². The first-order valence-electron chi connectivity index (χ1n) is 8.21. The van der Waals surface area contributed by atoms with Crippen LogP contribution >= 0.6 is 0 Å². The first kappa shape index (κ1) is 17.4. The van der Waals surface area contributed by atoms with Gasteiger partial charge in [0.25, 0.3) is 11.6 Å². The zero-order chi connectivity index (χ0) is 18.5. The van der Waals surface area contributed by atoms with Crippen molar-refractivity contribution in [1.82, 2.24) is 5.32 Å². The number of nitrogens with one attached hydrogen (secondary N) is 1. The van der Waals surface area contributed by atoms with E-state index in [1.54, 1.807) is 0 Å². The fourth-order valence-corrected chi connectivity index (χ4v) is 2.71. The largest absolute Gasteiger partial charge is 0.341 e. The van der Waals surface area contributed by atoms with Gasteiger partial charge >= 0.3 is 0 Å². The number of benzene rings is 3. The maximum atomic E-state index is 12.7. The second-order valence-electron chi connectivity index (χ2n) is 6.03. The van der Waals surface area contributed by atoms with E-state index in [0.717, 1.165) is 16.7 Å². The molecule has 0 aromatic heterocycles. The van der Waals surface area contributed by atoms with Gasteiger partial charge in [-0.05, 0) is 30.2 Å². The van der Waals surface area contributed by atoms with Crippen LogP contribution in [0.5, 0.6) is 0 Å². The SMILES string of the molecule is Cc1ccc(C(NC(=O)c2ccc([N+](=O)[O-])cc2)c2ccccc2)cc1. The number of rotatable bonds is 5. The van der Waals surface area contributed by atoms with Gasteiger partial charge in [0.05, 0.1) is 11.0 Å². The van der Waals surface area contributed by atoms with Crippen molar-refractivity contribution in [3.63, 3.8) is 0 Å². The van der Waals surface area contributed by atoms with Crippen molar-refractivity contribution >= 4 is 11.6 Å². The van der Waals surface area contributed by atoms with Gasteiger partial charge < -0.3 is 5.32 Å². The van der Waals surface area contributed by atoms with Gasteiger partial charge in [-0.2, -0.15) is 0 Å². The molecule has 0 fully saturated rings. The van der Waals surface area contributed by atoms with Crippen molar-refractivity contribution in [3.05, 3.63) is 111 Å². The van der Waals surface area contributed by atoms with Gasteiger partial charge in [0.2, 0.25) is 0 Å². The Morgan fingerprint density at radius 2 is 1.46 bits per heavy atom. The van der Waals surface area contributed by atoms with Crippen molar-refractivity contribution < 1.29 is 9.72 Å². The minimum absolute atomic E-state index is 0.0420. The molecule has 0 saturated heterocycles. The van der Waals surface area contributed by atoms with Gasteiger partial charge in [0.15, 0.2) is 0 Å². The van der Waals surface area contributed by atoms with E-state index in [1.165, 1.54) is 24.3 Å². The zero-order valence-electron chi connectivity index (χ0n) is 14.3. The molecule has 3 aromatic carbocycles. The van der Waals surface area contributed by atoms with Crippen LogP contribution in [0.25, 0.3) is 0 Å². The van der Waals surface area contributed by atoms with Crippen LogP contribution in [-0.2, 0) is 0 Å². The van der Waals surface area contributed by atoms with Crippen molar-refractivity contribution in [2.45, 2.75) is 13.0 Å². The summed E-state index contributed by atoms with van der Waals surface area (Å²) in [6.45, 7) is 2.01. The predicted octanol–water partition coefficient (Wildman–Crippen LogP) is 4.42. The second kappa shape index (κ2) is 7.61. The third kappa shape index (κ3) is 3.95.